The molecule has 98 valence electrons. The van der Waals surface area contributed by atoms with Crippen molar-refractivity contribution in [1.29, 1.82) is 0 Å². The van der Waals surface area contributed by atoms with Gasteiger partial charge in [0.15, 0.2) is 5.78 Å². The maximum atomic E-state index is 11.7. The summed E-state index contributed by atoms with van der Waals surface area (Å²) in [6.45, 7) is 3.82. The van der Waals surface area contributed by atoms with E-state index in [0.29, 0.717) is 12.0 Å². The van der Waals surface area contributed by atoms with E-state index in [-0.39, 0.29) is 5.78 Å². The van der Waals surface area contributed by atoms with Gasteiger partial charge in [-0.15, -0.1) is 0 Å². The third kappa shape index (κ3) is 2.81. The van der Waals surface area contributed by atoms with Crippen LogP contribution in [0, 0.1) is 6.92 Å². The fourth-order valence-electron chi connectivity index (χ4n) is 1.99. The third-order valence-electron chi connectivity index (χ3n) is 3.21. The Morgan fingerprint density at radius 2 is 1.95 bits per heavy atom. The molecule has 1 aromatic carbocycles. The molecule has 0 aliphatic heterocycles. The van der Waals surface area contributed by atoms with Gasteiger partial charge in [-0.25, -0.2) is 4.98 Å². The van der Waals surface area contributed by atoms with Gasteiger partial charge in [-0.3, -0.25) is 4.79 Å². The molecule has 0 radical (unpaired) electrons. The Balaban J connectivity index is 2.32. The van der Waals surface area contributed by atoms with Crippen molar-refractivity contribution in [2.45, 2.75) is 20.3 Å². The summed E-state index contributed by atoms with van der Waals surface area (Å²) in [5, 5.41) is 0. The fourth-order valence-corrected chi connectivity index (χ4v) is 1.99. The predicted molar refractivity (Wildman–Crippen MR) is 78.1 cm³/mol. The largest absolute Gasteiger partial charge is 0.329 e. The predicted octanol–water partition coefficient (Wildman–Crippen LogP) is 3.75. The van der Waals surface area contributed by atoms with Gasteiger partial charge in [-0.05, 0) is 30.7 Å². The quantitative estimate of drug-likeness (QED) is 0.779. The molecular weight excluding hydrogens is 236 g/mol. The lowest BCUT2D eigenvalue weighted by atomic mass is 10.1. The number of ketones is 1. The smallest absolute Gasteiger partial charge is 0.164 e. The van der Waals surface area contributed by atoms with Gasteiger partial charge >= 0.3 is 0 Å². The Kier molecular flexibility index (Phi) is 3.95. The average Bonchev–Trinajstić information content (AvgIpc) is 2.46. The molecule has 0 saturated carbocycles. The van der Waals surface area contributed by atoms with Gasteiger partial charge in [0.2, 0.25) is 0 Å². The lowest BCUT2D eigenvalue weighted by molar-refractivity contribution is 0.0987. The number of hydrogen-bond acceptors (Lipinski definition) is 3. The molecule has 0 unspecified atom stereocenters. The summed E-state index contributed by atoms with van der Waals surface area (Å²) in [6.07, 6.45) is 2.19. The number of carbonyl (C=O) groups excluding carboxylic acids is 1. The van der Waals surface area contributed by atoms with E-state index in [0.717, 1.165) is 17.1 Å². The molecule has 1 heterocycles. The Morgan fingerprint density at radius 3 is 2.53 bits per heavy atom. The molecule has 19 heavy (non-hydrogen) atoms. The maximum absolute atomic E-state index is 11.7. The second-order valence-corrected chi connectivity index (χ2v) is 4.53. The molecule has 3 heteroatoms. The molecule has 0 amide bonds. The summed E-state index contributed by atoms with van der Waals surface area (Å²) >= 11 is 0. The summed E-state index contributed by atoms with van der Waals surface area (Å²) < 4.78 is 0. The van der Waals surface area contributed by atoms with Gasteiger partial charge in [0.25, 0.3) is 0 Å². The van der Waals surface area contributed by atoms with E-state index in [2.05, 4.69) is 4.98 Å². The highest BCUT2D eigenvalue weighted by atomic mass is 16.1. The number of hydrogen-bond donors (Lipinski definition) is 0. The first-order valence-corrected chi connectivity index (χ1v) is 6.42. The molecule has 0 aliphatic rings. The molecule has 0 bridgehead atoms. The number of nitrogens with zero attached hydrogens (tertiary/aromatic N) is 2. The number of aryl methyl sites for hydroxylation is 1. The second-order valence-electron chi connectivity index (χ2n) is 4.53. The van der Waals surface area contributed by atoms with Crippen LogP contribution in [0.15, 0.2) is 42.6 Å². The number of benzene rings is 1. The van der Waals surface area contributed by atoms with Gasteiger partial charge in [0, 0.05) is 30.9 Å². The normalized spacial score (nSPS) is 10.3. The lowest BCUT2D eigenvalue weighted by Gasteiger charge is -2.19. The van der Waals surface area contributed by atoms with Crippen LogP contribution in [0.25, 0.3) is 0 Å². The van der Waals surface area contributed by atoms with E-state index in [1.165, 1.54) is 0 Å². The van der Waals surface area contributed by atoms with Crippen molar-refractivity contribution in [3.63, 3.8) is 0 Å². The molecule has 2 aromatic rings. The van der Waals surface area contributed by atoms with E-state index in [1.54, 1.807) is 6.20 Å². The van der Waals surface area contributed by atoms with E-state index >= 15 is 0 Å². The molecule has 0 saturated heterocycles. The van der Waals surface area contributed by atoms with Crippen molar-refractivity contribution in [3.05, 3.63) is 53.7 Å². The summed E-state index contributed by atoms with van der Waals surface area (Å²) in [5.74, 6) is 0.982. The molecule has 0 atom stereocenters. The number of aromatic nitrogens is 1. The van der Waals surface area contributed by atoms with E-state index in [4.69, 9.17) is 0 Å². The maximum Gasteiger partial charge on any atom is 0.164 e. The van der Waals surface area contributed by atoms with Crippen LogP contribution in [-0.2, 0) is 0 Å². The monoisotopic (exact) mass is 254 g/mol. The zero-order valence-corrected chi connectivity index (χ0v) is 11.6. The standard InChI is InChI=1S/C16H18N2O/c1-4-15(19)14-11-17-16(10-12(14)2)18(3)13-8-6-5-7-9-13/h5-11H,4H2,1-3H3. The van der Waals surface area contributed by atoms with Crippen molar-refractivity contribution in [3.8, 4) is 0 Å². The summed E-state index contributed by atoms with van der Waals surface area (Å²) in [4.78, 5) is 18.1. The number of para-hydroxylation sites is 1. The van der Waals surface area contributed by atoms with Gasteiger partial charge in [-0.1, -0.05) is 25.1 Å². The minimum absolute atomic E-state index is 0.138. The molecule has 0 fully saturated rings. The highest BCUT2D eigenvalue weighted by molar-refractivity contribution is 5.97. The Hall–Kier alpha value is -2.16. The number of carbonyl (C=O) groups is 1. The number of Topliss-reactive ketones (excluding diaryl/α,β-unsaturated/α-hetero) is 1. The van der Waals surface area contributed by atoms with Gasteiger partial charge in [0.05, 0.1) is 0 Å². The zero-order valence-electron chi connectivity index (χ0n) is 11.6. The Bertz CT molecular complexity index is 579. The minimum Gasteiger partial charge on any atom is -0.329 e. The van der Waals surface area contributed by atoms with E-state index in [1.807, 2.05) is 62.2 Å². The van der Waals surface area contributed by atoms with Crippen molar-refractivity contribution >= 4 is 17.3 Å². The Morgan fingerprint density at radius 1 is 1.26 bits per heavy atom. The van der Waals surface area contributed by atoms with Crippen molar-refractivity contribution < 1.29 is 4.79 Å². The molecule has 2 rings (SSSR count). The van der Waals surface area contributed by atoms with Crippen LogP contribution in [0.1, 0.15) is 29.3 Å². The van der Waals surface area contributed by atoms with Crippen LogP contribution >= 0.6 is 0 Å². The topological polar surface area (TPSA) is 33.2 Å². The van der Waals surface area contributed by atoms with Crippen LogP contribution < -0.4 is 4.90 Å². The van der Waals surface area contributed by atoms with E-state index < -0.39 is 0 Å². The molecule has 3 nitrogen and oxygen atoms in total. The first-order valence-electron chi connectivity index (χ1n) is 6.42. The Labute approximate surface area is 113 Å². The fraction of sp³-hybridized carbons (Fsp3) is 0.250. The molecule has 0 spiro atoms. The van der Waals surface area contributed by atoms with Crippen molar-refractivity contribution in [2.24, 2.45) is 0 Å². The van der Waals surface area contributed by atoms with Crippen molar-refractivity contribution in [1.82, 2.24) is 4.98 Å². The van der Waals surface area contributed by atoms with Crippen LogP contribution in [0.3, 0.4) is 0 Å². The zero-order chi connectivity index (χ0) is 13.8. The SMILES string of the molecule is CCC(=O)c1cnc(N(C)c2ccccc2)cc1C. The highest BCUT2D eigenvalue weighted by Gasteiger charge is 2.11. The minimum atomic E-state index is 0.138. The van der Waals surface area contributed by atoms with Gasteiger partial charge < -0.3 is 4.90 Å². The van der Waals surface area contributed by atoms with Gasteiger partial charge in [-0.2, -0.15) is 0 Å². The summed E-state index contributed by atoms with van der Waals surface area (Å²) in [5.41, 5.74) is 2.76. The van der Waals surface area contributed by atoms with Crippen LogP contribution in [0.4, 0.5) is 11.5 Å². The number of rotatable bonds is 4. The molecule has 0 N–H and O–H groups in total. The number of pyridine rings is 1. The van der Waals surface area contributed by atoms with E-state index in [9.17, 15) is 4.79 Å². The second kappa shape index (κ2) is 5.65. The highest BCUT2D eigenvalue weighted by Crippen LogP contribution is 2.23. The first-order chi connectivity index (χ1) is 9.13. The van der Waals surface area contributed by atoms with Crippen LogP contribution in [0.5, 0.6) is 0 Å². The molecule has 0 aliphatic carbocycles. The first kappa shape index (κ1) is 13.3. The van der Waals surface area contributed by atoms with Crippen LogP contribution in [0.2, 0.25) is 0 Å². The third-order valence-corrected chi connectivity index (χ3v) is 3.21. The van der Waals surface area contributed by atoms with Gasteiger partial charge in [0.1, 0.15) is 5.82 Å². The summed E-state index contributed by atoms with van der Waals surface area (Å²) in [7, 11) is 1.97. The number of anilines is 2. The average molecular weight is 254 g/mol. The molecular formula is C16H18N2O. The summed E-state index contributed by atoms with van der Waals surface area (Å²) in [6, 6.07) is 12.0. The lowest BCUT2D eigenvalue weighted by Crippen LogP contribution is -2.12. The van der Waals surface area contributed by atoms with Crippen LogP contribution in [-0.4, -0.2) is 17.8 Å². The molecule has 1 aromatic heterocycles. The van der Waals surface area contributed by atoms with Crippen molar-refractivity contribution in [2.75, 3.05) is 11.9 Å².